The summed E-state index contributed by atoms with van der Waals surface area (Å²) in [6.45, 7) is 9.33. The average Bonchev–Trinajstić information content (AvgIpc) is 3.22. The molecule has 0 spiro atoms. The Bertz CT molecular complexity index is 1170. The van der Waals surface area contributed by atoms with E-state index in [-0.39, 0.29) is 12.1 Å². The van der Waals surface area contributed by atoms with Crippen molar-refractivity contribution in [2.24, 2.45) is 0 Å². The van der Waals surface area contributed by atoms with Crippen LogP contribution in [0.5, 0.6) is 17.2 Å². The minimum Gasteiger partial charge on any atom is -0.493 e. The van der Waals surface area contributed by atoms with E-state index in [4.69, 9.17) is 18.9 Å². The summed E-state index contributed by atoms with van der Waals surface area (Å²) in [5.74, 6) is 4.13. The maximum absolute atomic E-state index is 11.3. The smallest absolute Gasteiger partial charge is 0.303 e. The molecule has 1 aliphatic heterocycles. The third kappa shape index (κ3) is 6.31. The molecule has 1 heterocycles. The number of carbonyl (C=O) groups excluding carboxylic acids is 1. The van der Waals surface area contributed by atoms with Crippen molar-refractivity contribution in [3.8, 4) is 28.4 Å². The zero-order valence-corrected chi connectivity index (χ0v) is 21.6. The molecule has 0 saturated heterocycles. The Balaban J connectivity index is 1.43. The second-order valence-electron chi connectivity index (χ2n) is 8.58. The third-order valence-electron chi connectivity index (χ3n) is 5.86. The molecule has 0 aromatic heterocycles. The van der Waals surface area contributed by atoms with Crippen LogP contribution in [-0.4, -0.2) is 30.7 Å². The SMILES string of the molecule is CCSCCOc1cc(C)c(-c2cccc(COc3ccc4c(c3)OC[C@H]4OC(C)=O)c2)c(C)c1. The summed E-state index contributed by atoms with van der Waals surface area (Å²) in [5, 5.41) is 0. The molecule has 0 amide bonds. The molecule has 0 fully saturated rings. The molecule has 1 aliphatic rings. The van der Waals surface area contributed by atoms with Crippen LogP contribution in [0.15, 0.2) is 54.6 Å². The van der Waals surface area contributed by atoms with Gasteiger partial charge in [-0.1, -0.05) is 25.1 Å². The number of fused-ring (bicyclic) bond motifs is 1. The largest absolute Gasteiger partial charge is 0.493 e. The molecular formula is C29H32O5S. The zero-order valence-electron chi connectivity index (χ0n) is 20.8. The van der Waals surface area contributed by atoms with Crippen molar-refractivity contribution in [1.82, 2.24) is 0 Å². The van der Waals surface area contributed by atoms with Crippen molar-refractivity contribution in [1.29, 1.82) is 0 Å². The van der Waals surface area contributed by atoms with Gasteiger partial charge in [0.05, 0.1) is 6.61 Å². The van der Waals surface area contributed by atoms with Crippen molar-refractivity contribution in [3.05, 3.63) is 76.9 Å². The molecule has 3 aromatic rings. The van der Waals surface area contributed by atoms with E-state index < -0.39 is 0 Å². The monoisotopic (exact) mass is 492 g/mol. The van der Waals surface area contributed by atoms with Crippen molar-refractivity contribution in [2.75, 3.05) is 24.7 Å². The van der Waals surface area contributed by atoms with E-state index in [0.29, 0.717) is 24.7 Å². The van der Waals surface area contributed by atoms with Gasteiger partial charge in [0.2, 0.25) is 0 Å². The van der Waals surface area contributed by atoms with Gasteiger partial charge in [0, 0.05) is 24.3 Å². The predicted octanol–water partition coefficient (Wildman–Crippen LogP) is 6.68. The fourth-order valence-electron chi connectivity index (χ4n) is 4.36. The quantitative estimate of drug-likeness (QED) is 0.232. The fourth-order valence-corrected chi connectivity index (χ4v) is 4.85. The molecule has 0 aliphatic carbocycles. The third-order valence-corrected chi connectivity index (χ3v) is 6.72. The Labute approximate surface area is 211 Å². The van der Waals surface area contributed by atoms with Crippen LogP contribution in [0.1, 0.15) is 42.2 Å². The molecule has 1 atom stereocenters. The second kappa shape index (κ2) is 11.5. The first-order chi connectivity index (χ1) is 16.9. The lowest BCUT2D eigenvalue weighted by Gasteiger charge is -2.15. The molecule has 184 valence electrons. The van der Waals surface area contributed by atoms with Crippen molar-refractivity contribution in [3.63, 3.8) is 0 Å². The van der Waals surface area contributed by atoms with Crippen LogP contribution < -0.4 is 14.2 Å². The molecule has 0 unspecified atom stereocenters. The fraction of sp³-hybridized carbons (Fsp3) is 0.345. The van der Waals surface area contributed by atoms with Gasteiger partial charge in [-0.3, -0.25) is 4.79 Å². The molecule has 0 saturated carbocycles. The molecule has 0 bridgehead atoms. The molecule has 4 rings (SSSR count). The highest BCUT2D eigenvalue weighted by molar-refractivity contribution is 7.99. The predicted molar refractivity (Wildman–Crippen MR) is 141 cm³/mol. The first-order valence-electron chi connectivity index (χ1n) is 11.9. The Hall–Kier alpha value is -3.12. The Morgan fingerprint density at radius 3 is 2.57 bits per heavy atom. The van der Waals surface area contributed by atoms with Crippen LogP contribution in [0.2, 0.25) is 0 Å². The van der Waals surface area contributed by atoms with Gasteiger partial charge in [0.25, 0.3) is 0 Å². The summed E-state index contributed by atoms with van der Waals surface area (Å²) < 4.78 is 23.0. The molecular weight excluding hydrogens is 460 g/mol. The van der Waals surface area contributed by atoms with Gasteiger partial charge in [-0.15, -0.1) is 0 Å². The van der Waals surface area contributed by atoms with Crippen LogP contribution in [0.3, 0.4) is 0 Å². The Kier molecular flexibility index (Phi) is 8.24. The van der Waals surface area contributed by atoms with Gasteiger partial charge in [0.15, 0.2) is 6.10 Å². The Morgan fingerprint density at radius 2 is 1.83 bits per heavy atom. The van der Waals surface area contributed by atoms with Gasteiger partial charge < -0.3 is 18.9 Å². The number of hydrogen-bond acceptors (Lipinski definition) is 6. The summed E-state index contributed by atoms with van der Waals surface area (Å²) in [7, 11) is 0. The van der Waals surface area contributed by atoms with Gasteiger partial charge in [0.1, 0.15) is 30.5 Å². The minimum atomic E-state index is -0.355. The summed E-state index contributed by atoms with van der Waals surface area (Å²) in [6.07, 6.45) is -0.355. The van der Waals surface area contributed by atoms with Crippen LogP contribution >= 0.6 is 11.8 Å². The van der Waals surface area contributed by atoms with Crippen LogP contribution in [0, 0.1) is 13.8 Å². The van der Waals surface area contributed by atoms with E-state index in [1.807, 2.05) is 30.0 Å². The van der Waals surface area contributed by atoms with Crippen LogP contribution in [-0.2, 0) is 16.1 Å². The number of aryl methyl sites for hydroxylation is 2. The first kappa shape index (κ1) is 25.0. The van der Waals surface area contributed by atoms with E-state index in [1.165, 1.54) is 23.6 Å². The molecule has 35 heavy (non-hydrogen) atoms. The number of esters is 1. The lowest BCUT2D eigenvalue weighted by Crippen LogP contribution is -2.09. The van der Waals surface area contributed by atoms with E-state index in [2.05, 4.69) is 57.2 Å². The standard InChI is InChI=1S/C29H32O5S/c1-5-35-12-11-31-25-13-19(2)29(20(3)14-25)23-8-6-7-22(15-23)17-32-24-9-10-26-27(16-24)33-18-28(26)34-21(4)30/h6-10,13-16,28H,5,11-12,17-18H2,1-4H3/t28-/m1/s1. The lowest BCUT2D eigenvalue weighted by atomic mass is 9.94. The first-order valence-corrected chi connectivity index (χ1v) is 13.1. The lowest BCUT2D eigenvalue weighted by molar-refractivity contribution is -0.147. The normalized spacial score (nSPS) is 14.2. The highest BCUT2D eigenvalue weighted by atomic mass is 32.2. The highest BCUT2D eigenvalue weighted by Crippen LogP contribution is 2.37. The van der Waals surface area contributed by atoms with Crippen LogP contribution in [0.4, 0.5) is 0 Å². The minimum absolute atomic E-state index is 0.314. The molecule has 0 radical (unpaired) electrons. The molecule has 5 nitrogen and oxygen atoms in total. The van der Waals surface area contributed by atoms with Crippen molar-refractivity contribution < 1.29 is 23.7 Å². The number of ether oxygens (including phenoxy) is 4. The second-order valence-corrected chi connectivity index (χ2v) is 9.97. The number of benzene rings is 3. The Morgan fingerprint density at radius 1 is 1.03 bits per heavy atom. The molecule has 0 N–H and O–H groups in total. The maximum atomic E-state index is 11.3. The summed E-state index contributed by atoms with van der Waals surface area (Å²) in [4.78, 5) is 11.3. The number of hydrogen-bond donors (Lipinski definition) is 0. The van der Waals surface area contributed by atoms with Gasteiger partial charge in [-0.2, -0.15) is 11.8 Å². The van der Waals surface area contributed by atoms with Gasteiger partial charge >= 0.3 is 5.97 Å². The topological polar surface area (TPSA) is 54.0 Å². The van der Waals surface area contributed by atoms with Crippen molar-refractivity contribution >= 4 is 17.7 Å². The number of carbonyl (C=O) groups is 1. The number of thioether (sulfide) groups is 1. The maximum Gasteiger partial charge on any atom is 0.303 e. The van der Waals surface area contributed by atoms with E-state index >= 15 is 0 Å². The van der Waals surface area contributed by atoms with E-state index in [0.717, 1.165) is 40.6 Å². The van der Waals surface area contributed by atoms with Gasteiger partial charge in [-0.25, -0.2) is 0 Å². The van der Waals surface area contributed by atoms with Crippen LogP contribution in [0.25, 0.3) is 11.1 Å². The van der Waals surface area contributed by atoms with Gasteiger partial charge in [-0.05, 0) is 77.7 Å². The zero-order chi connectivity index (χ0) is 24.8. The molecule has 6 heteroatoms. The average molecular weight is 493 g/mol. The van der Waals surface area contributed by atoms with E-state index in [1.54, 1.807) is 0 Å². The van der Waals surface area contributed by atoms with E-state index in [9.17, 15) is 4.79 Å². The highest BCUT2D eigenvalue weighted by Gasteiger charge is 2.27. The number of rotatable bonds is 10. The van der Waals surface area contributed by atoms with Crippen molar-refractivity contribution in [2.45, 2.75) is 40.4 Å². The summed E-state index contributed by atoms with van der Waals surface area (Å²) >= 11 is 1.89. The summed E-state index contributed by atoms with van der Waals surface area (Å²) in [5.41, 5.74) is 6.73. The molecule has 3 aromatic carbocycles. The summed E-state index contributed by atoms with van der Waals surface area (Å²) in [6, 6.07) is 18.3.